The molecule has 0 aliphatic rings. The molecule has 0 fully saturated rings. The molecule has 2 heteroatoms. The van der Waals surface area contributed by atoms with E-state index in [1.165, 1.54) is 16.7 Å². The van der Waals surface area contributed by atoms with Gasteiger partial charge in [0.2, 0.25) is 0 Å². The third-order valence-electron chi connectivity index (χ3n) is 4.57. The lowest BCUT2D eigenvalue weighted by atomic mass is 9.90. The van der Waals surface area contributed by atoms with Crippen LogP contribution < -0.4 is 10.6 Å². The second kappa shape index (κ2) is 11.7. The lowest BCUT2D eigenvalue weighted by Crippen LogP contribution is -2.17. The Morgan fingerprint density at radius 2 is 2.00 bits per heavy atom. The van der Waals surface area contributed by atoms with Gasteiger partial charge in [0.25, 0.3) is 0 Å². The van der Waals surface area contributed by atoms with E-state index in [0.717, 1.165) is 43.7 Å². The molecule has 0 aromatic heterocycles. The molecule has 0 saturated heterocycles. The summed E-state index contributed by atoms with van der Waals surface area (Å²) in [6, 6.07) is 6.60. The largest absolute Gasteiger partial charge is 0.359 e. The Balaban J connectivity index is 2.78. The minimum absolute atomic E-state index is 0.276. The molecule has 0 radical (unpaired) electrons. The van der Waals surface area contributed by atoms with E-state index in [1.54, 1.807) is 0 Å². The highest BCUT2D eigenvalue weighted by atomic mass is 14.9. The summed E-state index contributed by atoms with van der Waals surface area (Å²) in [4.78, 5) is 0. The van der Waals surface area contributed by atoms with Crippen molar-refractivity contribution in [3.63, 3.8) is 0 Å². The number of hydrogen-bond donors (Lipinski definition) is 2. The van der Waals surface area contributed by atoms with Gasteiger partial charge in [-0.2, -0.15) is 0 Å². The number of nitrogens with one attached hydrogen (secondary N) is 2. The van der Waals surface area contributed by atoms with Crippen LogP contribution in [0.4, 0.5) is 0 Å². The van der Waals surface area contributed by atoms with E-state index in [0.29, 0.717) is 0 Å². The number of allylic oxidation sites excluding steroid dienone is 3. The molecule has 25 heavy (non-hydrogen) atoms. The van der Waals surface area contributed by atoms with Crippen molar-refractivity contribution in [3.05, 3.63) is 71.1 Å². The van der Waals surface area contributed by atoms with Crippen LogP contribution in [0, 0.1) is 6.92 Å². The molecular weight excluding hydrogens is 304 g/mol. The molecule has 0 bridgehead atoms. The van der Waals surface area contributed by atoms with Crippen LogP contribution in [0.3, 0.4) is 0 Å². The van der Waals surface area contributed by atoms with Crippen molar-refractivity contribution < 1.29 is 0 Å². The zero-order chi connectivity index (χ0) is 18.7. The first-order valence-electron chi connectivity index (χ1n) is 9.66. The molecule has 2 nitrogen and oxygen atoms in total. The monoisotopic (exact) mass is 340 g/mol. The van der Waals surface area contributed by atoms with E-state index in [1.807, 2.05) is 0 Å². The van der Waals surface area contributed by atoms with Crippen molar-refractivity contribution in [2.24, 2.45) is 0 Å². The van der Waals surface area contributed by atoms with Gasteiger partial charge in [0.15, 0.2) is 0 Å². The molecule has 0 aliphatic carbocycles. The first-order chi connectivity index (χ1) is 12.0. The van der Waals surface area contributed by atoms with Gasteiger partial charge in [-0.25, -0.2) is 0 Å². The third kappa shape index (κ3) is 6.91. The molecule has 0 amide bonds. The van der Waals surface area contributed by atoms with Gasteiger partial charge in [-0.3, -0.25) is 0 Å². The third-order valence-corrected chi connectivity index (χ3v) is 4.57. The van der Waals surface area contributed by atoms with Crippen LogP contribution >= 0.6 is 0 Å². The highest BCUT2D eigenvalue weighted by Gasteiger charge is 2.13. The van der Waals surface area contributed by atoms with E-state index in [2.05, 4.69) is 88.3 Å². The molecule has 1 aromatic rings. The highest BCUT2D eigenvalue weighted by molar-refractivity contribution is 5.40. The number of aryl methyl sites for hydroxylation is 1. The molecule has 0 heterocycles. The molecule has 2 N–H and O–H groups in total. The normalized spacial score (nSPS) is 13.2. The second-order valence-corrected chi connectivity index (χ2v) is 6.53. The Labute approximate surface area is 155 Å². The lowest BCUT2D eigenvalue weighted by molar-refractivity contribution is 0.728. The lowest BCUT2D eigenvalue weighted by Gasteiger charge is -2.21. The molecule has 1 unspecified atom stereocenters. The Morgan fingerprint density at radius 1 is 1.24 bits per heavy atom. The highest BCUT2D eigenvalue weighted by Crippen LogP contribution is 2.27. The van der Waals surface area contributed by atoms with Crippen molar-refractivity contribution in [1.29, 1.82) is 0 Å². The molecule has 0 spiro atoms. The predicted octanol–water partition coefficient (Wildman–Crippen LogP) is 5.61. The van der Waals surface area contributed by atoms with Crippen molar-refractivity contribution in [2.75, 3.05) is 13.1 Å². The average molecular weight is 341 g/mol. The predicted molar refractivity (Wildman–Crippen MR) is 112 cm³/mol. The van der Waals surface area contributed by atoms with E-state index >= 15 is 0 Å². The van der Waals surface area contributed by atoms with Gasteiger partial charge in [0, 0.05) is 23.9 Å². The van der Waals surface area contributed by atoms with Crippen LogP contribution in [0.1, 0.15) is 63.1 Å². The Morgan fingerprint density at radius 3 is 2.64 bits per heavy atom. The molecule has 1 atom stereocenters. The Kier molecular flexibility index (Phi) is 9.94. The molecule has 1 rings (SSSR count). The second-order valence-electron chi connectivity index (χ2n) is 6.53. The summed E-state index contributed by atoms with van der Waals surface area (Å²) in [5, 5.41) is 6.91. The van der Waals surface area contributed by atoms with Crippen molar-refractivity contribution in [1.82, 2.24) is 10.6 Å². The SMILES string of the molecule is C=C(NC(/C=C\CNCCC)=C/CC)C(C)c1cccc(CC)c1C. The van der Waals surface area contributed by atoms with Crippen LogP contribution in [0.25, 0.3) is 0 Å². The maximum atomic E-state index is 4.31. The Bertz CT molecular complexity index is 596. The van der Waals surface area contributed by atoms with Crippen molar-refractivity contribution in [3.8, 4) is 0 Å². The summed E-state index contributed by atoms with van der Waals surface area (Å²) in [7, 11) is 0. The first kappa shape index (κ1) is 21.2. The van der Waals surface area contributed by atoms with E-state index in [4.69, 9.17) is 0 Å². The average Bonchev–Trinajstić information content (AvgIpc) is 2.61. The van der Waals surface area contributed by atoms with E-state index in [9.17, 15) is 0 Å². The van der Waals surface area contributed by atoms with E-state index in [-0.39, 0.29) is 5.92 Å². The van der Waals surface area contributed by atoms with Crippen LogP contribution in [-0.2, 0) is 6.42 Å². The maximum Gasteiger partial charge on any atom is 0.0338 e. The van der Waals surface area contributed by atoms with Gasteiger partial charge in [-0.1, -0.05) is 64.6 Å². The summed E-state index contributed by atoms with van der Waals surface area (Å²) in [6.07, 6.45) is 9.77. The Hall–Kier alpha value is -1.80. The molecule has 0 aliphatic heterocycles. The van der Waals surface area contributed by atoms with Gasteiger partial charge < -0.3 is 10.6 Å². The van der Waals surface area contributed by atoms with Crippen molar-refractivity contribution >= 4 is 0 Å². The van der Waals surface area contributed by atoms with Crippen molar-refractivity contribution in [2.45, 2.75) is 59.8 Å². The fourth-order valence-corrected chi connectivity index (χ4v) is 2.97. The smallest absolute Gasteiger partial charge is 0.0338 e. The van der Waals surface area contributed by atoms with Gasteiger partial charge in [0.05, 0.1) is 0 Å². The number of rotatable bonds is 11. The zero-order valence-electron chi connectivity index (χ0n) is 16.8. The molecule has 1 aromatic carbocycles. The quantitative estimate of drug-likeness (QED) is 0.404. The van der Waals surface area contributed by atoms with Gasteiger partial charge in [-0.05, 0) is 55.5 Å². The first-order valence-corrected chi connectivity index (χ1v) is 9.66. The van der Waals surface area contributed by atoms with Gasteiger partial charge in [0.1, 0.15) is 0 Å². The molecule has 138 valence electrons. The zero-order valence-corrected chi connectivity index (χ0v) is 16.8. The fourth-order valence-electron chi connectivity index (χ4n) is 2.97. The summed E-state index contributed by atoms with van der Waals surface area (Å²) >= 11 is 0. The number of benzene rings is 1. The van der Waals surface area contributed by atoms with E-state index < -0.39 is 0 Å². The fraction of sp³-hybridized carbons (Fsp3) is 0.478. The van der Waals surface area contributed by atoms with Crippen LogP contribution in [0.15, 0.2) is 54.4 Å². The number of hydrogen-bond acceptors (Lipinski definition) is 2. The summed E-state index contributed by atoms with van der Waals surface area (Å²) < 4.78 is 0. The molecular formula is C23H36N2. The standard InChI is InChI=1S/C23H36N2/c1-7-12-22(14-11-17-24-16-8-2)25-20(6)18(4)23-15-10-13-21(9-3)19(23)5/h10-15,18,24-25H,6-9,16-17H2,1-5H3/b14-11-,22-12+. The minimum Gasteiger partial charge on any atom is -0.359 e. The maximum absolute atomic E-state index is 4.31. The topological polar surface area (TPSA) is 24.1 Å². The summed E-state index contributed by atoms with van der Waals surface area (Å²) in [6.45, 7) is 17.3. The van der Waals surface area contributed by atoms with Crippen LogP contribution in [0.5, 0.6) is 0 Å². The molecule has 0 saturated carbocycles. The van der Waals surface area contributed by atoms with Crippen LogP contribution in [-0.4, -0.2) is 13.1 Å². The summed E-state index contributed by atoms with van der Waals surface area (Å²) in [5.74, 6) is 0.276. The minimum atomic E-state index is 0.276. The van der Waals surface area contributed by atoms with Gasteiger partial charge in [-0.15, -0.1) is 0 Å². The van der Waals surface area contributed by atoms with Gasteiger partial charge >= 0.3 is 0 Å². The van der Waals surface area contributed by atoms with Crippen LogP contribution in [0.2, 0.25) is 0 Å². The summed E-state index contributed by atoms with van der Waals surface area (Å²) in [5.41, 5.74) is 6.34.